The van der Waals surface area contributed by atoms with Gasteiger partial charge in [0.25, 0.3) is 5.91 Å². The zero-order chi connectivity index (χ0) is 25.5. The molecule has 0 heterocycles. The second-order valence-electron chi connectivity index (χ2n) is 8.88. The zero-order valence-corrected chi connectivity index (χ0v) is 20.6. The zero-order valence-electron chi connectivity index (χ0n) is 20.6. The van der Waals surface area contributed by atoms with Crippen LogP contribution in [0.1, 0.15) is 42.0 Å². The summed E-state index contributed by atoms with van der Waals surface area (Å²) in [4.78, 5) is 12.4. The van der Waals surface area contributed by atoms with Gasteiger partial charge in [0.15, 0.2) is 6.61 Å². The van der Waals surface area contributed by atoms with E-state index in [4.69, 9.17) is 9.47 Å². The first-order valence-corrected chi connectivity index (χ1v) is 11.8. The molecule has 1 amide bonds. The van der Waals surface area contributed by atoms with E-state index in [1.54, 1.807) is 18.3 Å². The maximum absolute atomic E-state index is 13.2. The topological polar surface area (TPSA) is 59.9 Å². The first kappa shape index (κ1) is 24.9. The predicted octanol–water partition coefficient (Wildman–Crippen LogP) is 6.52. The highest BCUT2D eigenvalue weighted by molar-refractivity contribution is 6.02. The van der Waals surface area contributed by atoms with Gasteiger partial charge in [-0.25, -0.2) is 9.82 Å². The summed E-state index contributed by atoms with van der Waals surface area (Å²) in [6.45, 7) is 6.29. The molecule has 0 spiro atoms. The minimum absolute atomic E-state index is 0.150. The largest absolute Gasteiger partial charge is 0.488 e. The number of hydrazone groups is 1. The summed E-state index contributed by atoms with van der Waals surface area (Å²) in [6, 6.07) is 23.9. The Hall–Kier alpha value is -4.19. The van der Waals surface area contributed by atoms with Gasteiger partial charge in [-0.2, -0.15) is 5.10 Å². The molecule has 1 N–H and O–H groups in total. The van der Waals surface area contributed by atoms with Crippen molar-refractivity contribution in [1.82, 2.24) is 5.43 Å². The monoisotopic (exact) mass is 484 g/mol. The second kappa shape index (κ2) is 11.5. The number of ether oxygens (including phenoxy) is 2. The highest BCUT2D eigenvalue weighted by atomic mass is 19.1. The molecule has 5 nitrogen and oxygen atoms in total. The summed E-state index contributed by atoms with van der Waals surface area (Å²) in [7, 11) is 0. The van der Waals surface area contributed by atoms with Crippen molar-refractivity contribution in [2.45, 2.75) is 33.3 Å². The van der Waals surface area contributed by atoms with Gasteiger partial charge >= 0.3 is 0 Å². The van der Waals surface area contributed by atoms with Gasteiger partial charge in [0.2, 0.25) is 0 Å². The summed E-state index contributed by atoms with van der Waals surface area (Å²) in [5.74, 6) is 1.00. The molecule has 0 saturated carbocycles. The Bertz CT molecular complexity index is 1380. The van der Waals surface area contributed by atoms with Crippen LogP contribution in [0, 0.1) is 12.7 Å². The van der Waals surface area contributed by atoms with E-state index in [0.717, 1.165) is 33.0 Å². The lowest BCUT2D eigenvalue weighted by Crippen LogP contribution is -2.24. The average Bonchev–Trinajstić information content (AvgIpc) is 2.88. The van der Waals surface area contributed by atoms with Crippen LogP contribution in [0.25, 0.3) is 10.8 Å². The third-order valence-electron chi connectivity index (χ3n) is 5.86. The summed E-state index contributed by atoms with van der Waals surface area (Å²) in [6.07, 6.45) is 1.57. The number of nitrogens with zero attached hydrogens (tertiary/aromatic N) is 1. The van der Waals surface area contributed by atoms with Crippen LogP contribution in [0.15, 0.2) is 84.0 Å². The van der Waals surface area contributed by atoms with Gasteiger partial charge in [0.05, 0.1) is 6.21 Å². The number of benzene rings is 4. The Morgan fingerprint density at radius 2 is 1.75 bits per heavy atom. The molecule has 0 aliphatic carbocycles. The molecular formula is C30H29FN2O3. The normalized spacial score (nSPS) is 11.2. The second-order valence-corrected chi connectivity index (χ2v) is 8.88. The standard InChI is InChI=1S/C30H29FN2O3/c1-20(2)24-11-8-21(3)29(16-24)36-19-30(34)33-32-17-27-26-7-5-4-6-23(26)12-15-28(27)35-18-22-9-13-25(31)14-10-22/h4-17,20H,18-19H2,1-3H3,(H,33,34)/b32-17+. The van der Waals surface area contributed by atoms with Gasteiger partial charge in [-0.3, -0.25) is 4.79 Å². The Kier molecular flexibility index (Phi) is 7.95. The van der Waals surface area contributed by atoms with Crippen LogP contribution in [0.4, 0.5) is 4.39 Å². The number of carbonyl (C=O) groups is 1. The Balaban J connectivity index is 1.45. The van der Waals surface area contributed by atoms with Gasteiger partial charge in [0, 0.05) is 5.56 Å². The van der Waals surface area contributed by atoms with Crippen molar-refractivity contribution in [3.05, 3.63) is 107 Å². The highest BCUT2D eigenvalue weighted by Gasteiger charge is 2.10. The maximum Gasteiger partial charge on any atom is 0.277 e. The Morgan fingerprint density at radius 1 is 0.972 bits per heavy atom. The quantitative estimate of drug-likeness (QED) is 0.217. The Morgan fingerprint density at radius 3 is 2.53 bits per heavy atom. The van der Waals surface area contributed by atoms with Crippen LogP contribution in [-0.2, 0) is 11.4 Å². The fraction of sp³-hybridized carbons (Fsp3) is 0.200. The number of carbonyl (C=O) groups excluding carboxylic acids is 1. The first-order chi connectivity index (χ1) is 17.4. The van der Waals surface area contributed by atoms with Crippen molar-refractivity contribution in [3.8, 4) is 11.5 Å². The van der Waals surface area contributed by atoms with Crippen molar-refractivity contribution in [2.24, 2.45) is 5.10 Å². The molecule has 36 heavy (non-hydrogen) atoms. The lowest BCUT2D eigenvalue weighted by Gasteiger charge is -2.13. The fourth-order valence-corrected chi connectivity index (χ4v) is 3.75. The molecule has 4 aromatic carbocycles. The number of nitrogens with one attached hydrogen (secondary N) is 1. The summed E-state index contributed by atoms with van der Waals surface area (Å²) in [5.41, 5.74) is 6.23. The van der Waals surface area contributed by atoms with E-state index in [9.17, 15) is 9.18 Å². The van der Waals surface area contributed by atoms with E-state index in [1.807, 2.05) is 55.5 Å². The molecule has 4 aromatic rings. The van der Waals surface area contributed by atoms with Gasteiger partial charge < -0.3 is 9.47 Å². The van der Waals surface area contributed by atoms with E-state index in [0.29, 0.717) is 17.4 Å². The highest BCUT2D eigenvalue weighted by Crippen LogP contribution is 2.28. The number of aryl methyl sites for hydroxylation is 1. The van der Waals surface area contributed by atoms with E-state index < -0.39 is 0 Å². The first-order valence-electron chi connectivity index (χ1n) is 11.8. The number of hydrogen-bond donors (Lipinski definition) is 1. The van der Waals surface area contributed by atoms with E-state index in [-0.39, 0.29) is 24.9 Å². The summed E-state index contributed by atoms with van der Waals surface area (Å²) >= 11 is 0. The van der Waals surface area contributed by atoms with E-state index in [1.165, 1.54) is 12.1 Å². The van der Waals surface area contributed by atoms with Crippen LogP contribution in [-0.4, -0.2) is 18.7 Å². The van der Waals surface area contributed by atoms with Gasteiger partial charge in [-0.1, -0.05) is 68.4 Å². The molecule has 0 aromatic heterocycles. The van der Waals surface area contributed by atoms with Gasteiger partial charge in [0.1, 0.15) is 23.9 Å². The minimum atomic E-state index is -0.366. The molecule has 184 valence electrons. The molecule has 0 radical (unpaired) electrons. The van der Waals surface area contributed by atoms with Gasteiger partial charge in [-0.15, -0.1) is 0 Å². The minimum Gasteiger partial charge on any atom is -0.488 e. The van der Waals surface area contributed by atoms with Crippen molar-refractivity contribution in [3.63, 3.8) is 0 Å². The number of fused-ring (bicyclic) bond motifs is 1. The molecule has 0 unspecified atom stereocenters. The van der Waals surface area contributed by atoms with Crippen LogP contribution >= 0.6 is 0 Å². The van der Waals surface area contributed by atoms with Crippen LogP contribution < -0.4 is 14.9 Å². The molecule has 0 atom stereocenters. The van der Waals surface area contributed by atoms with Crippen LogP contribution in [0.3, 0.4) is 0 Å². The summed E-state index contributed by atoms with van der Waals surface area (Å²) < 4.78 is 25.0. The average molecular weight is 485 g/mol. The molecule has 0 aliphatic rings. The van der Waals surface area contributed by atoms with Crippen molar-refractivity contribution < 1.29 is 18.7 Å². The lowest BCUT2D eigenvalue weighted by molar-refractivity contribution is -0.123. The maximum atomic E-state index is 13.2. The van der Waals surface area contributed by atoms with Crippen molar-refractivity contribution in [2.75, 3.05) is 6.61 Å². The summed E-state index contributed by atoms with van der Waals surface area (Å²) in [5, 5.41) is 6.12. The Labute approximate surface area is 210 Å². The number of rotatable bonds is 9. The van der Waals surface area contributed by atoms with Crippen molar-refractivity contribution >= 4 is 22.9 Å². The van der Waals surface area contributed by atoms with Crippen LogP contribution in [0.5, 0.6) is 11.5 Å². The van der Waals surface area contributed by atoms with E-state index >= 15 is 0 Å². The third-order valence-corrected chi connectivity index (χ3v) is 5.86. The number of amides is 1. The molecule has 0 aliphatic heterocycles. The fourth-order valence-electron chi connectivity index (χ4n) is 3.75. The molecule has 0 saturated heterocycles. The third kappa shape index (κ3) is 6.27. The SMILES string of the molecule is Cc1ccc(C(C)C)cc1OCC(=O)N/N=C/c1c(OCc2ccc(F)cc2)ccc2ccccc12. The molecule has 6 heteroatoms. The molecule has 0 fully saturated rings. The predicted molar refractivity (Wildman–Crippen MR) is 141 cm³/mol. The lowest BCUT2D eigenvalue weighted by atomic mass is 10.0. The molecular weight excluding hydrogens is 455 g/mol. The molecule has 0 bridgehead atoms. The van der Waals surface area contributed by atoms with Crippen LogP contribution in [0.2, 0.25) is 0 Å². The molecule has 4 rings (SSSR count). The van der Waals surface area contributed by atoms with E-state index in [2.05, 4.69) is 30.4 Å². The number of hydrogen-bond acceptors (Lipinski definition) is 4. The number of halogens is 1. The van der Waals surface area contributed by atoms with Crippen molar-refractivity contribution in [1.29, 1.82) is 0 Å². The smallest absolute Gasteiger partial charge is 0.277 e. The van der Waals surface area contributed by atoms with Gasteiger partial charge in [-0.05, 0) is 64.6 Å².